The van der Waals surface area contributed by atoms with Crippen LogP contribution in [0.2, 0.25) is 0 Å². The fourth-order valence-electron chi connectivity index (χ4n) is 0.696. The molecule has 1 rings (SSSR count). The second-order valence-electron chi connectivity index (χ2n) is 1.90. The van der Waals surface area contributed by atoms with Gasteiger partial charge in [0, 0.05) is 16.2 Å². The Balaban J connectivity index is 3.03. The average Bonchev–Trinajstić information content (AvgIpc) is 2.04. The van der Waals surface area contributed by atoms with E-state index in [0.717, 1.165) is 4.47 Å². The average molecular weight is 234 g/mol. The van der Waals surface area contributed by atoms with E-state index in [-0.39, 0.29) is 5.91 Å². The van der Waals surface area contributed by atoms with Crippen LogP contribution in [0.25, 0.3) is 0 Å². The third-order valence-corrected chi connectivity index (χ3v) is 2.07. The molecule has 58 valence electrons. The van der Waals surface area contributed by atoms with Gasteiger partial charge in [0.2, 0.25) is 0 Å². The molecule has 0 saturated heterocycles. The number of carbonyl (C=O) groups is 1. The van der Waals surface area contributed by atoms with E-state index >= 15 is 0 Å². The summed E-state index contributed by atoms with van der Waals surface area (Å²) in [6.45, 7) is 0. The highest BCUT2D eigenvalue weighted by Gasteiger charge is 2.06. The van der Waals surface area contributed by atoms with Gasteiger partial charge in [-0.05, 0) is 28.1 Å². The molecule has 4 heteroatoms. The Morgan fingerprint density at radius 1 is 1.45 bits per heavy atom. The summed E-state index contributed by atoms with van der Waals surface area (Å²) in [4.78, 5) is 13.0. The van der Waals surface area contributed by atoms with Crippen molar-refractivity contribution in [2.45, 2.75) is 0 Å². The molecule has 0 aliphatic heterocycles. The molecule has 0 radical (unpaired) electrons. The van der Waals surface area contributed by atoms with Crippen molar-refractivity contribution in [3.8, 4) is 0 Å². The fourth-order valence-corrected chi connectivity index (χ4v) is 1.26. The van der Waals surface area contributed by atoms with E-state index in [4.69, 9.17) is 11.8 Å². The molecular weight excluding hydrogens is 229 g/mol. The first-order valence-electron chi connectivity index (χ1n) is 2.91. The van der Waals surface area contributed by atoms with E-state index in [1.807, 2.05) is 10.9 Å². The van der Waals surface area contributed by atoms with Crippen molar-refractivity contribution in [1.29, 1.82) is 0 Å². The van der Waals surface area contributed by atoms with Gasteiger partial charge >= 0.3 is 0 Å². The minimum Gasteiger partial charge on any atom is -0.268 e. The Morgan fingerprint density at radius 2 is 2.09 bits per heavy atom. The lowest BCUT2D eigenvalue weighted by Crippen LogP contribution is -2.12. The zero-order chi connectivity index (χ0) is 8.27. The second kappa shape index (κ2) is 3.74. The van der Waals surface area contributed by atoms with Gasteiger partial charge in [0.05, 0.1) is 5.56 Å². The minimum absolute atomic E-state index is 0.306. The van der Waals surface area contributed by atoms with Crippen LogP contribution in [-0.2, 0) is 0 Å². The minimum atomic E-state index is -0.306. The Bertz CT molecular complexity index is 277. The summed E-state index contributed by atoms with van der Waals surface area (Å²) in [5.74, 6) is -0.306. The van der Waals surface area contributed by atoms with Crippen molar-refractivity contribution >= 4 is 33.6 Å². The standard InChI is InChI=1S/C7H5BrClNO/c8-6-4-2-1-3-5(6)7(11)10-9/h1-4H,(H,10,11). The van der Waals surface area contributed by atoms with Crippen molar-refractivity contribution in [2.75, 3.05) is 0 Å². The summed E-state index contributed by atoms with van der Waals surface area (Å²) in [5.41, 5.74) is 0.530. The molecule has 0 saturated carbocycles. The van der Waals surface area contributed by atoms with Crippen LogP contribution in [0.5, 0.6) is 0 Å². The third-order valence-electron chi connectivity index (χ3n) is 1.20. The monoisotopic (exact) mass is 233 g/mol. The van der Waals surface area contributed by atoms with Crippen LogP contribution in [-0.4, -0.2) is 5.91 Å². The highest BCUT2D eigenvalue weighted by Crippen LogP contribution is 2.15. The van der Waals surface area contributed by atoms with Crippen molar-refractivity contribution in [2.24, 2.45) is 0 Å². The highest BCUT2D eigenvalue weighted by molar-refractivity contribution is 9.10. The summed E-state index contributed by atoms with van der Waals surface area (Å²) in [5, 5.41) is 0. The number of nitrogens with one attached hydrogen (secondary N) is 1. The molecule has 2 nitrogen and oxygen atoms in total. The van der Waals surface area contributed by atoms with Crippen LogP contribution in [0.4, 0.5) is 0 Å². The molecule has 0 fully saturated rings. The van der Waals surface area contributed by atoms with Crippen LogP contribution in [0, 0.1) is 0 Å². The van der Waals surface area contributed by atoms with Gasteiger partial charge in [0.25, 0.3) is 5.91 Å². The van der Waals surface area contributed by atoms with E-state index in [1.54, 1.807) is 18.2 Å². The van der Waals surface area contributed by atoms with E-state index in [0.29, 0.717) is 5.56 Å². The molecule has 0 unspecified atom stereocenters. The van der Waals surface area contributed by atoms with E-state index in [1.165, 1.54) is 0 Å². The summed E-state index contributed by atoms with van der Waals surface area (Å²) in [6.07, 6.45) is 0. The lowest BCUT2D eigenvalue weighted by Gasteiger charge is -1.98. The first kappa shape index (κ1) is 8.56. The number of halogens is 2. The molecule has 0 bridgehead atoms. The van der Waals surface area contributed by atoms with E-state index in [2.05, 4.69) is 15.9 Å². The summed E-state index contributed by atoms with van der Waals surface area (Å²) in [7, 11) is 0. The van der Waals surface area contributed by atoms with E-state index < -0.39 is 0 Å². The molecule has 11 heavy (non-hydrogen) atoms. The van der Waals surface area contributed by atoms with Gasteiger partial charge in [0.15, 0.2) is 0 Å². The van der Waals surface area contributed by atoms with E-state index in [9.17, 15) is 4.79 Å². The Kier molecular flexibility index (Phi) is 2.91. The molecule has 1 N–H and O–H groups in total. The third kappa shape index (κ3) is 1.94. The fraction of sp³-hybridized carbons (Fsp3) is 0. The molecule has 0 aliphatic carbocycles. The van der Waals surface area contributed by atoms with Crippen molar-refractivity contribution < 1.29 is 4.79 Å². The Hall–Kier alpha value is -0.540. The van der Waals surface area contributed by atoms with Crippen molar-refractivity contribution in [3.63, 3.8) is 0 Å². The number of hydrogen-bond acceptors (Lipinski definition) is 1. The van der Waals surface area contributed by atoms with Gasteiger partial charge in [0.1, 0.15) is 0 Å². The number of carbonyl (C=O) groups excluding carboxylic acids is 1. The smallest absolute Gasteiger partial charge is 0.266 e. The summed E-state index contributed by atoms with van der Waals surface area (Å²) in [6, 6.07) is 7.06. The maximum Gasteiger partial charge on any atom is 0.266 e. The first-order valence-corrected chi connectivity index (χ1v) is 4.08. The van der Waals surface area contributed by atoms with Crippen molar-refractivity contribution in [1.82, 2.24) is 4.84 Å². The lowest BCUT2D eigenvalue weighted by atomic mass is 10.2. The maximum absolute atomic E-state index is 11.0. The highest BCUT2D eigenvalue weighted by atomic mass is 79.9. The Labute approximate surface area is 77.8 Å². The number of rotatable bonds is 1. The molecular formula is C7H5BrClNO. The molecule has 0 heterocycles. The van der Waals surface area contributed by atoms with Crippen molar-refractivity contribution in [3.05, 3.63) is 34.3 Å². The predicted octanol–water partition coefficient (Wildman–Crippen LogP) is 2.33. The van der Waals surface area contributed by atoms with Gasteiger partial charge in [-0.2, -0.15) is 0 Å². The number of benzene rings is 1. The molecule has 1 aromatic carbocycles. The lowest BCUT2D eigenvalue weighted by molar-refractivity contribution is 0.0981. The topological polar surface area (TPSA) is 29.1 Å². The van der Waals surface area contributed by atoms with Gasteiger partial charge in [-0.1, -0.05) is 12.1 Å². The number of amides is 1. The zero-order valence-corrected chi connectivity index (χ0v) is 7.82. The van der Waals surface area contributed by atoms with Gasteiger partial charge in [-0.25, -0.2) is 0 Å². The SMILES string of the molecule is O=C(NCl)c1ccccc1Br. The van der Waals surface area contributed by atoms with Gasteiger partial charge in [-0.15, -0.1) is 0 Å². The van der Waals surface area contributed by atoms with Gasteiger partial charge in [-0.3, -0.25) is 9.63 Å². The summed E-state index contributed by atoms with van der Waals surface area (Å²) < 4.78 is 0.734. The van der Waals surface area contributed by atoms with Crippen LogP contribution in [0.15, 0.2) is 28.7 Å². The second-order valence-corrected chi connectivity index (χ2v) is 2.95. The molecule has 1 amide bonds. The maximum atomic E-state index is 11.0. The van der Waals surface area contributed by atoms with Gasteiger partial charge < -0.3 is 0 Å². The largest absolute Gasteiger partial charge is 0.268 e. The van der Waals surface area contributed by atoms with Crippen LogP contribution in [0.3, 0.4) is 0 Å². The quantitative estimate of drug-likeness (QED) is 0.743. The van der Waals surface area contributed by atoms with Crippen LogP contribution < -0.4 is 4.84 Å². The predicted molar refractivity (Wildman–Crippen MR) is 47.5 cm³/mol. The first-order chi connectivity index (χ1) is 5.25. The molecule has 0 spiro atoms. The zero-order valence-electron chi connectivity index (χ0n) is 5.47. The molecule has 1 aromatic rings. The van der Waals surface area contributed by atoms with Crippen LogP contribution >= 0.6 is 27.7 Å². The molecule has 0 aromatic heterocycles. The normalized spacial score (nSPS) is 9.27. The van der Waals surface area contributed by atoms with Crippen LogP contribution in [0.1, 0.15) is 10.4 Å². The Morgan fingerprint density at radius 3 is 2.64 bits per heavy atom. The molecule has 0 atom stereocenters. The summed E-state index contributed by atoms with van der Waals surface area (Å²) >= 11 is 8.36. The number of hydrogen-bond donors (Lipinski definition) is 1. The molecule has 0 aliphatic rings.